The molecular formula is C27H25ClN2O. The second-order valence-corrected chi connectivity index (χ2v) is 9.61. The largest absolute Gasteiger partial charge is 0.378 e. The fourth-order valence-corrected chi connectivity index (χ4v) is 6.56. The first-order valence-electron chi connectivity index (χ1n) is 11.2. The van der Waals surface area contributed by atoms with Crippen molar-refractivity contribution in [2.75, 3.05) is 10.6 Å². The topological polar surface area (TPSA) is 41.1 Å². The molecule has 0 spiro atoms. The molecule has 0 unspecified atom stereocenters. The summed E-state index contributed by atoms with van der Waals surface area (Å²) in [4.78, 5) is 13.0. The van der Waals surface area contributed by atoms with Gasteiger partial charge in [0.2, 0.25) is 0 Å². The standard InChI is InChI=1S/C27H25ClN2O/c28-21-8-4-5-9-23(21)30-27(31)19-12-13-22-20(15-19)24-17-10-11-18(14-17)25(24)26(29-22)16-6-2-1-3-7-16/h1-9,12-13,15,17-18,24-26,29H,10-11,14H2,(H,30,31)/t17-,18-,24+,25-,26+/m0/s1. The lowest BCUT2D eigenvalue weighted by Gasteiger charge is -2.43. The molecule has 2 fully saturated rings. The van der Waals surface area contributed by atoms with E-state index in [-0.39, 0.29) is 5.91 Å². The molecule has 3 aromatic rings. The van der Waals surface area contributed by atoms with Gasteiger partial charge >= 0.3 is 0 Å². The highest BCUT2D eigenvalue weighted by Crippen LogP contribution is 2.63. The molecule has 4 heteroatoms. The molecule has 3 nitrogen and oxygen atoms in total. The number of anilines is 2. The predicted octanol–water partition coefficient (Wildman–Crippen LogP) is 6.89. The number of carbonyl (C=O) groups excluding carboxylic acids is 1. The smallest absolute Gasteiger partial charge is 0.255 e. The van der Waals surface area contributed by atoms with Crippen molar-refractivity contribution in [3.63, 3.8) is 0 Å². The van der Waals surface area contributed by atoms with Crippen LogP contribution in [0.3, 0.4) is 0 Å². The van der Waals surface area contributed by atoms with E-state index < -0.39 is 0 Å². The third-order valence-electron chi connectivity index (χ3n) is 7.63. The number of hydrogen-bond donors (Lipinski definition) is 2. The molecule has 0 saturated heterocycles. The average Bonchev–Trinajstić information content (AvgIpc) is 3.43. The zero-order valence-electron chi connectivity index (χ0n) is 17.2. The SMILES string of the molecule is O=C(Nc1ccccc1Cl)c1ccc2c(c1)[C@H]1[C@H]3CC[C@@H](C3)[C@@H]1[C@@H](c1ccccc1)N2. The third kappa shape index (κ3) is 3.14. The van der Waals surface area contributed by atoms with Gasteiger partial charge < -0.3 is 10.6 Å². The maximum atomic E-state index is 13.0. The quantitative estimate of drug-likeness (QED) is 0.477. The van der Waals surface area contributed by atoms with Crippen molar-refractivity contribution in [2.45, 2.75) is 31.2 Å². The van der Waals surface area contributed by atoms with Crippen LogP contribution < -0.4 is 10.6 Å². The zero-order valence-corrected chi connectivity index (χ0v) is 18.0. The van der Waals surface area contributed by atoms with Gasteiger partial charge in [-0.05, 0) is 84.4 Å². The highest BCUT2D eigenvalue weighted by molar-refractivity contribution is 6.33. The van der Waals surface area contributed by atoms with Gasteiger partial charge in [-0.15, -0.1) is 0 Å². The summed E-state index contributed by atoms with van der Waals surface area (Å²) < 4.78 is 0. The molecule has 1 aliphatic heterocycles. The van der Waals surface area contributed by atoms with Gasteiger partial charge in [0.1, 0.15) is 0 Å². The first kappa shape index (κ1) is 18.9. The molecule has 0 radical (unpaired) electrons. The summed E-state index contributed by atoms with van der Waals surface area (Å²) in [6.45, 7) is 0. The van der Waals surface area contributed by atoms with E-state index in [2.05, 4.69) is 53.1 Å². The number of nitrogens with one attached hydrogen (secondary N) is 2. The lowest BCUT2D eigenvalue weighted by atomic mass is 9.68. The third-order valence-corrected chi connectivity index (χ3v) is 7.96. The van der Waals surface area contributed by atoms with Crippen molar-refractivity contribution in [3.8, 4) is 0 Å². The van der Waals surface area contributed by atoms with Gasteiger partial charge in [-0.2, -0.15) is 0 Å². The van der Waals surface area contributed by atoms with E-state index in [9.17, 15) is 4.79 Å². The van der Waals surface area contributed by atoms with Crippen molar-refractivity contribution in [1.82, 2.24) is 0 Å². The van der Waals surface area contributed by atoms with E-state index >= 15 is 0 Å². The van der Waals surface area contributed by atoms with Crippen LogP contribution in [0.5, 0.6) is 0 Å². The number of benzene rings is 3. The van der Waals surface area contributed by atoms with E-state index in [1.165, 1.54) is 36.1 Å². The lowest BCUT2D eigenvalue weighted by Crippen LogP contribution is -2.35. The van der Waals surface area contributed by atoms with Crippen molar-refractivity contribution >= 4 is 28.9 Å². The number of amides is 1. The molecule has 31 heavy (non-hydrogen) atoms. The lowest BCUT2D eigenvalue weighted by molar-refractivity contribution is 0.102. The predicted molar refractivity (Wildman–Crippen MR) is 126 cm³/mol. The summed E-state index contributed by atoms with van der Waals surface area (Å²) in [6, 6.07) is 24.7. The second kappa shape index (κ2) is 7.42. The zero-order chi connectivity index (χ0) is 20.9. The molecule has 2 bridgehead atoms. The Labute approximate surface area is 187 Å². The average molecular weight is 429 g/mol. The molecule has 156 valence electrons. The van der Waals surface area contributed by atoms with Crippen LogP contribution in [0.15, 0.2) is 72.8 Å². The van der Waals surface area contributed by atoms with Crippen LogP contribution >= 0.6 is 11.6 Å². The minimum Gasteiger partial charge on any atom is -0.378 e. The van der Waals surface area contributed by atoms with Gasteiger partial charge in [0, 0.05) is 11.3 Å². The Bertz CT molecular complexity index is 1140. The summed E-state index contributed by atoms with van der Waals surface area (Å²) in [5.41, 5.74) is 5.21. The summed E-state index contributed by atoms with van der Waals surface area (Å²) >= 11 is 6.24. The minimum absolute atomic E-state index is 0.110. The molecule has 3 aliphatic rings. The van der Waals surface area contributed by atoms with Crippen LogP contribution in [-0.2, 0) is 0 Å². The molecule has 1 amide bonds. The Balaban J connectivity index is 1.36. The summed E-state index contributed by atoms with van der Waals surface area (Å²) in [6.07, 6.45) is 3.96. The molecular weight excluding hydrogens is 404 g/mol. The van der Waals surface area contributed by atoms with Crippen LogP contribution in [0, 0.1) is 17.8 Å². The Morgan fingerprint density at radius 2 is 1.71 bits per heavy atom. The van der Waals surface area contributed by atoms with Gasteiger partial charge in [-0.1, -0.05) is 54.1 Å². The number of para-hydroxylation sites is 1. The number of hydrogen-bond acceptors (Lipinski definition) is 2. The maximum absolute atomic E-state index is 13.0. The highest BCUT2D eigenvalue weighted by atomic mass is 35.5. The minimum atomic E-state index is -0.110. The van der Waals surface area contributed by atoms with Crippen LogP contribution in [-0.4, -0.2) is 5.91 Å². The molecule has 5 atom stereocenters. The van der Waals surface area contributed by atoms with Crippen molar-refractivity contribution in [3.05, 3.63) is 94.5 Å². The van der Waals surface area contributed by atoms with Gasteiger partial charge in [-0.25, -0.2) is 0 Å². The summed E-state index contributed by atoms with van der Waals surface area (Å²) in [5, 5.41) is 7.36. The van der Waals surface area contributed by atoms with E-state index in [0.29, 0.717) is 34.2 Å². The Hall–Kier alpha value is -2.78. The number of carbonyl (C=O) groups is 1. The van der Waals surface area contributed by atoms with E-state index in [4.69, 9.17) is 11.6 Å². The van der Waals surface area contributed by atoms with Crippen molar-refractivity contribution in [2.24, 2.45) is 17.8 Å². The number of halogens is 1. The van der Waals surface area contributed by atoms with Gasteiger partial charge in [0.05, 0.1) is 16.8 Å². The molecule has 1 heterocycles. The van der Waals surface area contributed by atoms with Crippen LogP contribution in [0.4, 0.5) is 11.4 Å². The number of rotatable bonds is 3. The molecule has 2 saturated carbocycles. The fraction of sp³-hybridized carbons (Fsp3) is 0.296. The van der Waals surface area contributed by atoms with Gasteiger partial charge in [-0.3, -0.25) is 4.79 Å². The first-order valence-corrected chi connectivity index (χ1v) is 11.6. The van der Waals surface area contributed by atoms with Crippen LogP contribution in [0.2, 0.25) is 5.02 Å². The van der Waals surface area contributed by atoms with Gasteiger partial charge in [0.15, 0.2) is 0 Å². The van der Waals surface area contributed by atoms with Crippen LogP contribution in [0.25, 0.3) is 0 Å². The number of fused-ring (bicyclic) bond motifs is 7. The monoisotopic (exact) mass is 428 g/mol. The normalized spacial score (nSPS) is 27.8. The molecule has 2 N–H and O–H groups in total. The fourth-order valence-electron chi connectivity index (χ4n) is 6.37. The Kier molecular flexibility index (Phi) is 4.53. The molecule has 3 aromatic carbocycles. The molecule has 0 aromatic heterocycles. The maximum Gasteiger partial charge on any atom is 0.255 e. The second-order valence-electron chi connectivity index (χ2n) is 9.21. The van der Waals surface area contributed by atoms with E-state index in [1.807, 2.05) is 24.3 Å². The molecule has 2 aliphatic carbocycles. The van der Waals surface area contributed by atoms with E-state index in [1.54, 1.807) is 6.07 Å². The van der Waals surface area contributed by atoms with Gasteiger partial charge in [0.25, 0.3) is 5.91 Å². The Morgan fingerprint density at radius 3 is 2.55 bits per heavy atom. The molecule has 6 rings (SSSR count). The van der Waals surface area contributed by atoms with Crippen molar-refractivity contribution in [1.29, 1.82) is 0 Å². The van der Waals surface area contributed by atoms with Crippen LogP contribution in [0.1, 0.15) is 52.7 Å². The van der Waals surface area contributed by atoms with Crippen molar-refractivity contribution < 1.29 is 4.79 Å². The van der Waals surface area contributed by atoms with E-state index in [0.717, 1.165) is 11.8 Å². The Morgan fingerprint density at radius 1 is 0.935 bits per heavy atom. The summed E-state index contributed by atoms with van der Waals surface area (Å²) in [5.74, 6) is 2.50. The highest BCUT2D eigenvalue weighted by Gasteiger charge is 2.53. The first-order chi connectivity index (χ1) is 15.2. The summed E-state index contributed by atoms with van der Waals surface area (Å²) in [7, 11) is 0.